The Kier molecular flexibility index (Phi) is 4.70. The Balaban J connectivity index is 1.40. The average molecular weight is 390 g/mol. The molecule has 0 spiro atoms. The molecule has 0 bridgehead atoms. The fraction of sp³-hybridized carbons (Fsp3) is 0.375. The molecule has 0 aromatic carbocycles. The van der Waals surface area contributed by atoms with Gasteiger partial charge in [-0.05, 0) is 30.4 Å². The molecule has 0 saturated carbocycles. The van der Waals surface area contributed by atoms with Crippen molar-refractivity contribution in [2.75, 3.05) is 11.9 Å². The summed E-state index contributed by atoms with van der Waals surface area (Å²) in [7, 11) is 1.91. The van der Waals surface area contributed by atoms with E-state index in [1.165, 1.54) is 11.5 Å². The van der Waals surface area contributed by atoms with Crippen molar-refractivity contribution >= 4 is 34.0 Å². The lowest BCUT2D eigenvalue weighted by Crippen LogP contribution is -2.40. The molecule has 3 aromatic heterocycles. The topological polar surface area (TPSA) is 94.0 Å². The van der Waals surface area contributed by atoms with Gasteiger partial charge in [-0.1, -0.05) is 0 Å². The highest BCUT2D eigenvalue weighted by Crippen LogP contribution is 2.30. The number of nitrogens with one attached hydrogen (secondary N) is 2. The van der Waals surface area contributed by atoms with Gasteiger partial charge in [-0.25, -0.2) is 9.78 Å². The second kappa shape index (κ2) is 7.14. The zero-order valence-corrected chi connectivity index (χ0v) is 15.9. The van der Waals surface area contributed by atoms with E-state index in [0.29, 0.717) is 17.6 Å². The molecule has 4 heterocycles. The Bertz CT molecular complexity index is 917. The first-order valence-corrected chi connectivity index (χ1v) is 9.81. The van der Waals surface area contributed by atoms with Crippen molar-refractivity contribution in [3.05, 3.63) is 35.2 Å². The maximum Gasteiger partial charge on any atom is 0.321 e. The van der Waals surface area contributed by atoms with E-state index in [-0.39, 0.29) is 18.2 Å². The van der Waals surface area contributed by atoms with Crippen molar-refractivity contribution in [3.63, 3.8) is 0 Å². The Morgan fingerprint density at radius 3 is 3.08 bits per heavy atom. The summed E-state index contributed by atoms with van der Waals surface area (Å²) in [6.07, 6.45) is 4.08. The molecule has 2 amide bonds. The van der Waals surface area contributed by atoms with Gasteiger partial charge in [0.15, 0.2) is 5.82 Å². The van der Waals surface area contributed by atoms with Gasteiger partial charge in [0.05, 0.1) is 10.9 Å². The van der Waals surface area contributed by atoms with Crippen molar-refractivity contribution in [2.45, 2.75) is 25.5 Å². The van der Waals surface area contributed by atoms with Crippen LogP contribution in [0.5, 0.6) is 0 Å². The summed E-state index contributed by atoms with van der Waals surface area (Å²) >= 11 is 2.76. The minimum Gasteiger partial charge on any atom is -0.368 e. The number of carbonyl (C=O) groups is 1. The summed E-state index contributed by atoms with van der Waals surface area (Å²) in [6.45, 7) is 2.60. The third-order valence-corrected chi connectivity index (χ3v) is 5.88. The molecular formula is C16H18N6O2S2. The minimum atomic E-state index is -0.315. The normalized spacial score (nSPS) is 19.6. The number of hydrogen-bond acceptors (Lipinski definition) is 7. The Hall–Kier alpha value is -2.30. The number of nitrogens with zero attached hydrogens (tertiary/aromatic N) is 4. The lowest BCUT2D eigenvalue weighted by atomic mass is 10.1. The second-order valence-electron chi connectivity index (χ2n) is 6.04. The standard InChI is InChI=1S/C16H18N6O2S2/c1-9-4-8-25-12(9)13-19-16(26-21-13)20-15(23)18-10-3-7-24-11(10)14-17-5-6-22(14)2/h4-6,8,10-11H,3,7H2,1-2H3,(H2,18,19,20,21,23)/t10-,11-/m1/s1. The van der Waals surface area contributed by atoms with Gasteiger partial charge in [-0.15, -0.1) is 11.3 Å². The molecular weight excluding hydrogens is 372 g/mol. The van der Waals surface area contributed by atoms with E-state index >= 15 is 0 Å². The van der Waals surface area contributed by atoms with Gasteiger partial charge in [0, 0.05) is 37.6 Å². The number of ether oxygens (including phenoxy) is 1. The highest BCUT2D eigenvalue weighted by molar-refractivity contribution is 7.14. The van der Waals surface area contributed by atoms with Crippen molar-refractivity contribution in [1.82, 2.24) is 24.2 Å². The molecule has 136 valence electrons. The molecule has 10 heteroatoms. The molecule has 3 aromatic rings. The molecule has 1 fully saturated rings. The van der Waals surface area contributed by atoms with Crippen LogP contribution in [0.3, 0.4) is 0 Å². The van der Waals surface area contributed by atoms with E-state index in [2.05, 4.69) is 25.0 Å². The van der Waals surface area contributed by atoms with Crippen LogP contribution in [0.25, 0.3) is 10.7 Å². The second-order valence-corrected chi connectivity index (χ2v) is 7.71. The first-order chi connectivity index (χ1) is 12.6. The average Bonchev–Trinajstić information content (AvgIpc) is 3.36. The number of urea groups is 1. The third kappa shape index (κ3) is 3.35. The molecule has 1 aliphatic rings. The van der Waals surface area contributed by atoms with Crippen LogP contribution in [-0.4, -0.2) is 37.6 Å². The van der Waals surface area contributed by atoms with Gasteiger partial charge in [-0.3, -0.25) is 5.32 Å². The van der Waals surface area contributed by atoms with Gasteiger partial charge in [0.1, 0.15) is 11.9 Å². The number of aromatic nitrogens is 4. The predicted octanol–water partition coefficient (Wildman–Crippen LogP) is 2.96. The molecule has 1 aliphatic heterocycles. The number of rotatable bonds is 4. The van der Waals surface area contributed by atoms with E-state index in [4.69, 9.17) is 4.74 Å². The number of amides is 2. The smallest absolute Gasteiger partial charge is 0.321 e. The van der Waals surface area contributed by atoms with Crippen LogP contribution in [0.2, 0.25) is 0 Å². The predicted molar refractivity (Wildman–Crippen MR) is 100 cm³/mol. The van der Waals surface area contributed by atoms with Crippen LogP contribution < -0.4 is 10.6 Å². The summed E-state index contributed by atoms with van der Waals surface area (Å²) in [4.78, 5) is 22.1. The molecule has 4 rings (SSSR count). The summed E-state index contributed by atoms with van der Waals surface area (Å²) in [5.41, 5.74) is 1.13. The number of thiophene rings is 1. The van der Waals surface area contributed by atoms with Crippen LogP contribution in [-0.2, 0) is 11.8 Å². The molecule has 26 heavy (non-hydrogen) atoms. The first-order valence-electron chi connectivity index (χ1n) is 8.16. The number of imidazole rings is 1. The molecule has 0 radical (unpaired) electrons. The van der Waals surface area contributed by atoms with E-state index < -0.39 is 0 Å². The van der Waals surface area contributed by atoms with E-state index in [1.807, 2.05) is 36.2 Å². The number of hydrogen-bond donors (Lipinski definition) is 2. The highest BCUT2D eigenvalue weighted by atomic mass is 32.1. The maximum absolute atomic E-state index is 12.4. The molecule has 2 N–H and O–H groups in total. The maximum atomic E-state index is 12.4. The van der Waals surface area contributed by atoms with Gasteiger partial charge in [0.25, 0.3) is 0 Å². The number of aryl methyl sites for hydroxylation is 2. The largest absolute Gasteiger partial charge is 0.368 e. The zero-order valence-electron chi connectivity index (χ0n) is 14.3. The zero-order chi connectivity index (χ0) is 18.1. The van der Waals surface area contributed by atoms with Crippen LogP contribution in [0.4, 0.5) is 9.93 Å². The number of carbonyl (C=O) groups excluding carboxylic acids is 1. The molecule has 0 unspecified atom stereocenters. The first kappa shape index (κ1) is 17.1. The fourth-order valence-electron chi connectivity index (χ4n) is 2.91. The lowest BCUT2D eigenvalue weighted by molar-refractivity contribution is 0.0913. The molecule has 1 saturated heterocycles. The Labute approximate surface area is 158 Å². The van der Waals surface area contributed by atoms with Crippen LogP contribution in [0, 0.1) is 6.92 Å². The fourth-order valence-corrected chi connectivity index (χ4v) is 4.40. The minimum absolute atomic E-state index is 0.136. The van der Waals surface area contributed by atoms with Gasteiger partial charge in [0.2, 0.25) is 5.13 Å². The Morgan fingerprint density at radius 1 is 1.46 bits per heavy atom. The van der Waals surface area contributed by atoms with Gasteiger partial charge in [-0.2, -0.15) is 9.36 Å². The van der Waals surface area contributed by atoms with E-state index in [1.54, 1.807) is 17.5 Å². The van der Waals surface area contributed by atoms with Crippen LogP contribution in [0.15, 0.2) is 23.8 Å². The molecule has 2 atom stereocenters. The van der Waals surface area contributed by atoms with E-state index in [0.717, 1.165) is 22.7 Å². The lowest BCUT2D eigenvalue weighted by Gasteiger charge is -2.19. The van der Waals surface area contributed by atoms with Gasteiger partial charge >= 0.3 is 6.03 Å². The van der Waals surface area contributed by atoms with Crippen molar-refractivity contribution < 1.29 is 9.53 Å². The van der Waals surface area contributed by atoms with Crippen molar-refractivity contribution in [3.8, 4) is 10.7 Å². The Morgan fingerprint density at radius 2 is 2.35 bits per heavy atom. The van der Waals surface area contributed by atoms with Crippen LogP contribution in [0.1, 0.15) is 23.9 Å². The molecule has 0 aliphatic carbocycles. The summed E-state index contributed by atoms with van der Waals surface area (Å²) in [5.74, 6) is 1.45. The molecule has 8 nitrogen and oxygen atoms in total. The monoisotopic (exact) mass is 390 g/mol. The summed E-state index contributed by atoms with van der Waals surface area (Å²) < 4.78 is 12.0. The van der Waals surface area contributed by atoms with Gasteiger partial charge < -0.3 is 14.6 Å². The third-order valence-electron chi connectivity index (χ3n) is 4.23. The summed E-state index contributed by atoms with van der Waals surface area (Å²) in [5, 5.41) is 8.20. The SMILES string of the molecule is Cc1ccsc1-c1nsc(NC(=O)N[C@@H]2CCO[C@H]2c2nccn2C)n1. The number of anilines is 1. The summed E-state index contributed by atoms with van der Waals surface area (Å²) in [6, 6.07) is 1.58. The quantitative estimate of drug-likeness (QED) is 0.714. The van der Waals surface area contributed by atoms with Crippen molar-refractivity contribution in [2.24, 2.45) is 7.05 Å². The van der Waals surface area contributed by atoms with Crippen molar-refractivity contribution in [1.29, 1.82) is 0 Å². The van der Waals surface area contributed by atoms with Crippen LogP contribution >= 0.6 is 22.9 Å². The highest BCUT2D eigenvalue weighted by Gasteiger charge is 2.33. The van der Waals surface area contributed by atoms with E-state index in [9.17, 15) is 4.79 Å².